The fraction of sp³-hybridized carbons (Fsp3) is 0.308. The maximum Gasteiger partial charge on any atom is 0.347 e. The van der Waals surface area contributed by atoms with Crippen molar-refractivity contribution in [3.63, 3.8) is 0 Å². The van der Waals surface area contributed by atoms with E-state index >= 15 is 0 Å². The lowest BCUT2D eigenvalue weighted by Crippen LogP contribution is -2.44. The highest BCUT2D eigenvalue weighted by molar-refractivity contribution is 6.04. The number of anilines is 1. The van der Waals surface area contributed by atoms with Crippen LogP contribution in [0.1, 0.15) is 33.3 Å². The first-order valence-electron chi connectivity index (χ1n) is 10.7. The van der Waals surface area contributed by atoms with Crippen molar-refractivity contribution in [3.05, 3.63) is 63.8 Å². The van der Waals surface area contributed by atoms with Crippen LogP contribution in [0.5, 0.6) is 0 Å². The maximum absolute atomic E-state index is 12.8. The molecule has 0 aliphatic carbocycles. The van der Waals surface area contributed by atoms with Crippen LogP contribution in [-0.2, 0) is 0 Å². The van der Waals surface area contributed by atoms with Crippen LogP contribution in [-0.4, -0.2) is 26.2 Å². The van der Waals surface area contributed by atoms with Crippen molar-refractivity contribution in [1.82, 2.24) is 4.58 Å². The topological polar surface area (TPSA) is 49.6 Å². The van der Waals surface area contributed by atoms with Crippen LogP contribution in [0.15, 0.2) is 56.1 Å². The molecule has 5 nitrogen and oxygen atoms in total. The molecule has 0 spiro atoms. The van der Waals surface area contributed by atoms with Crippen molar-refractivity contribution in [1.29, 1.82) is 0 Å². The summed E-state index contributed by atoms with van der Waals surface area (Å²) >= 11 is 0. The quantitative estimate of drug-likeness (QED) is 0.195. The second-order valence-electron chi connectivity index (χ2n) is 9.09. The van der Waals surface area contributed by atoms with Gasteiger partial charge in [-0.1, -0.05) is 6.08 Å². The molecule has 158 valence electrons. The van der Waals surface area contributed by atoms with E-state index in [1.807, 2.05) is 42.9 Å². The third-order valence-corrected chi connectivity index (χ3v) is 6.33. The van der Waals surface area contributed by atoms with E-state index in [1.54, 1.807) is 0 Å². The van der Waals surface area contributed by atoms with Crippen LogP contribution in [0.3, 0.4) is 0 Å². The number of fused-ring (bicyclic) bond motifs is 5. The molecule has 0 saturated carbocycles. The number of benzene rings is 2. The van der Waals surface area contributed by atoms with Crippen molar-refractivity contribution in [3.8, 4) is 0 Å². The lowest BCUT2D eigenvalue weighted by atomic mass is 9.88. The van der Waals surface area contributed by atoms with Crippen LogP contribution >= 0.6 is 0 Å². The Labute approximate surface area is 180 Å². The molecule has 5 heteroatoms. The third kappa shape index (κ3) is 2.91. The third-order valence-electron chi connectivity index (χ3n) is 6.33. The minimum absolute atomic E-state index is 0.0767. The molecule has 2 aromatic carbocycles. The van der Waals surface area contributed by atoms with Gasteiger partial charge in [-0.2, -0.15) is 0 Å². The minimum atomic E-state index is -0.384. The maximum atomic E-state index is 12.8. The van der Waals surface area contributed by atoms with Gasteiger partial charge in [0.25, 0.3) is 0 Å². The Morgan fingerprint density at radius 3 is 2.48 bits per heavy atom. The average molecular weight is 416 g/mol. The van der Waals surface area contributed by atoms with Gasteiger partial charge < -0.3 is 13.7 Å². The zero-order chi connectivity index (χ0) is 22.1. The van der Waals surface area contributed by atoms with Gasteiger partial charge in [-0.15, -0.1) is 0 Å². The Morgan fingerprint density at radius 2 is 1.77 bits per heavy atom. The molecule has 0 amide bonds. The van der Waals surface area contributed by atoms with E-state index in [9.17, 15) is 4.79 Å². The van der Waals surface area contributed by atoms with E-state index in [1.165, 1.54) is 11.1 Å². The molecule has 3 heterocycles. The zero-order valence-electron chi connectivity index (χ0n) is 18.9. The number of rotatable bonds is 1. The Hall–Kier alpha value is -3.34. The van der Waals surface area contributed by atoms with Crippen LogP contribution < -0.4 is 20.5 Å². The highest BCUT2D eigenvalue weighted by atomic mass is 16.4. The van der Waals surface area contributed by atoms with E-state index in [0.717, 1.165) is 33.9 Å². The van der Waals surface area contributed by atoms with Gasteiger partial charge in [0.2, 0.25) is 5.36 Å². The Kier molecular flexibility index (Phi) is 4.16. The van der Waals surface area contributed by atoms with Crippen molar-refractivity contribution in [2.75, 3.05) is 25.5 Å². The molecular formula is C26H27N2O3+. The van der Waals surface area contributed by atoms with Gasteiger partial charge in [0.15, 0.2) is 5.58 Å². The summed E-state index contributed by atoms with van der Waals surface area (Å²) in [4.78, 5) is 15.2. The Bertz CT molecular complexity index is 1550. The van der Waals surface area contributed by atoms with Gasteiger partial charge in [-0.25, -0.2) is 9.37 Å². The first-order valence-corrected chi connectivity index (χ1v) is 10.7. The van der Waals surface area contributed by atoms with Crippen molar-refractivity contribution in [2.24, 2.45) is 0 Å². The van der Waals surface area contributed by atoms with Gasteiger partial charge in [-0.05, 0) is 51.5 Å². The van der Waals surface area contributed by atoms with E-state index < -0.39 is 0 Å². The molecule has 1 aliphatic heterocycles. The molecule has 5 rings (SSSR count). The molecule has 0 atom stereocenters. The van der Waals surface area contributed by atoms with Crippen LogP contribution in [0.4, 0.5) is 5.69 Å². The molecule has 0 bridgehead atoms. The van der Waals surface area contributed by atoms with Crippen LogP contribution in [0.25, 0.3) is 38.5 Å². The molecule has 0 N–H and O–H groups in total. The first kappa shape index (κ1) is 19.6. The summed E-state index contributed by atoms with van der Waals surface area (Å²) in [5.74, 6) is 0. The molecule has 0 fully saturated rings. The predicted octanol–water partition coefficient (Wildman–Crippen LogP) is 4.75. The summed E-state index contributed by atoms with van der Waals surface area (Å²) < 4.78 is 14.0. The summed E-state index contributed by atoms with van der Waals surface area (Å²) in [5, 5.41) is 3.12. The molecule has 4 aromatic rings. The summed E-state index contributed by atoms with van der Waals surface area (Å²) in [6.45, 7) is 9.66. The second kappa shape index (κ2) is 6.58. The number of allylic oxidation sites excluding steroid dienone is 1. The number of hydrogen-bond acceptors (Lipinski definition) is 4. The van der Waals surface area contributed by atoms with Crippen molar-refractivity contribution >= 4 is 44.2 Å². The summed E-state index contributed by atoms with van der Waals surface area (Å²) in [5.41, 5.74) is 4.95. The average Bonchev–Trinajstić information content (AvgIpc) is 2.71. The lowest BCUT2D eigenvalue weighted by molar-refractivity contribution is 0.562. The van der Waals surface area contributed by atoms with Gasteiger partial charge >= 0.3 is 5.63 Å². The number of hydrogen-bond donors (Lipinski definition) is 0. The fourth-order valence-electron chi connectivity index (χ4n) is 4.85. The number of likely N-dealkylation sites (N-methyl/N-ethyl adjacent to an activating group) is 1. The molecule has 0 saturated heterocycles. The van der Waals surface area contributed by atoms with E-state index in [4.69, 9.17) is 8.83 Å². The van der Waals surface area contributed by atoms with E-state index in [0.29, 0.717) is 16.6 Å². The minimum Gasteiger partial charge on any atom is -0.455 e. The Morgan fingerprint density at radius 1 is 1.00 bits per heavy atom. The van der Waals surface area contributed by atoms with E-state index in [2.05, 4.69) is 50.8 Å². The highest BCUT2D eigenvalue weighted by Gasteiger charge is 2.30. The molecule has 31 heavy (non-hydrogen) atoms. The summed E-state index contributed by atoms with van der Waals surface area (Å²) in [6, 6.07) is 12.0. The van der Waals surface area contributed by atoms with Gasteiger partial charge in [-0.3, -0.25) is 0 Å². The normalized spacial score (nSPS) is 15.4. The lowest BCUT2D eigenvalue weighted by Gasteiger charge is -2.42. The number of nitrogens with zero attached hydrogens (tertiary/aromatic N) is 2. The molecule has 0 unspecified atom stereocenters. The summed E-state index contributed by atoms with van der Waals surface area (Å²) in [7, 11) is 3.91. The van der Waals surface area contributed by atoms with Crippen LogP contribution in [0.2, 0.25) is 0 Å². The van der Waals surface area contributed by atoms with Crippen molar-refractivity contribution in [2.45, 2.75) is 33.2 Å². The smallest absolute Gasteiger partial charge is 0.347 e. The largest absolute Gasteiger partial charge is 0.455 e. The molecular weight excluding hydrogens is 388 g/mol. The van der Waals surface area contributed by atoms with Gasteiger partial charge in [0, 0.05) is 35.3 Å². The predicted molar refractivity (Wildman–Crippen MR) is 128 cm³/mol. The standard InChI is InChI=1S/C26H27N2O3/c1-7-28-21-13-22-16(10-19(21)15(2)14-26(28,3)4)11-20-24(30-22)18-9-8-17(27(5)6)12-23(18)31-25(20)29/h8-14H,7H2,1-6H3/q+1. The molecule has 2 aromatic heterocycles. The molecule has 0 radical (unpaired) electrons. The monoisotopic (exact) mass is 415 g/mol. The highest BCUT2D eigenvalue weighted by Crippen LogP contribution is 2.41. The van der Waals surface area contributed by atoms with Gasteiger partial charge in [0.05, 0.1) is 17.0 Å². The molecule has 1 aliphatic rings. The van der Waals surface area contributed by atoms with Crippen molar-refractivity contribution < 1.29 is 8.83 Å². The fourth-order valence-corrected chi connectivity index (χ4v) is 4.85. The zero-order valence-corrected chi connectivity index (χ0v) is 18.9. The van der Waals surface area contributed by atoms with E-state index in [-0.39, 0.29) is 11.2 Å². The first-order chi connectivity index (χ1) is 14.7. The van der Waals surface area contributed by atoms with Gasteiger partial charge in [0.1, 0.15) is 30.6 Å². The second-order valence-corrected chi connectivity index (χ2v) is 9.09. The summed E-state index contributed by atoms with van der Waals surface area (Å²) in [6.07, 6.45) is 2.30. The van der Waals surface area contributed by atoms with Crippen LogP contribution in [0, 0.1) is 0 Å². The Balaban J connectivity index is 1.87. The SMILES string of the molecule is CCN1c2cc3oc4c(cc3cc2C(C)=CC1(C)C)c(=O)oc1cc(=[N+](C)C)ccc14.